The summed E-state index contributed by atoms with van der Waals surface area (Å²) in [7, 11) is 0. The summed E-state index contributed by atoms with van der Waals surface area (Å²) < 4.78 is 29.2. The molecule has 0 aliphatic rings. The minimum absolute atomic E-state index is 0.425. The molecule has 0 bridgehead atoms. The molecule has 0 aromatic heterocycles. The summed E-state index contributed by atoms with van der Waals surface area (Å²) in [5.41, 5.74) is 4.11. The van der Waals surface area contributed by atoms with E-state index in [9.17, 15) is 9.59 Å². The Balaban J connectivity index is 0.856. The van der Waals surface area contributed by atoms with Crippen LogP contribution in [0, 0.1) is 0 Å². The van der Waals surface area contributed by atoms with Crippen molar-refractivity contribution < 1.29 is 33.3 Å². The molecule has 6 aromatic rings. The van der Waals surface area contributed by atoms with Gasteiger partial charge in [0, 0.05) is 18.5 Å². The lowest BCUT2D eigenvalue weighted by Gasteiger charge is -2.08. The van der Waals surface area contributed by atoms with Crippen LogP contribution in [0.4, 0.5) is 11.4 Å². The molecule has 0 N–H and O–H groups in total. The highest BCUT2D eigenvalue weighted by Gasteiger charge is 2.11. The van der Waals surface area contributed by atoms with E-state index in [1.165, 1.54) is 116 Å². The van der Waals surface area contributed by atoms with E-state index in [-0.39, 0.29) is 0 Å². The van der Waals surface area contributed by atoms with Crippen LogP contribution in [0.5, 0.6) is 34.5 Å². The van der Waals surface area contributed by atoms with Gasteiger partial charge in [-0.05, 0) is 157 Å². The number of esters is 2. The first-order valence-electron chi connectivity index (χ1n) is 27.0. The van der Waals surface area contributed by atoms with Crippen LogP contribution in [0.2, 0.25) is 0 Å². The van der Waals surface area contributed by atoms with E-state index in [1.54, 1.807) is 61.0 Å². The number of hydrogen-bond donors (Lipinski definition) is 0. The van der Waals surface area contributed by atoms with Crippen LogP contribution >= 0.6 is 0 Å². The van der Waals surface area contributed by atoms with Crippen molar-refractivity contribution in [2.24, 2.45) is 9.98 Å². The van der Waals surface area contributed by atoms with E-state index < -0.39 is 11.9 Å². The number of unbranched alkanes of at least 4 members (excludes halogenated alkanes) is 18. The lowest BCUT2D eigenvalue weighted by Crippen LogP contribution is -2.08. The number of rotatable bonds is 34. The molecule has 0 amide bonds. The molecule has 0 unspecified atom stereocenters. The molecule has 0 saturated carbocycles. The van der Waals surface area contributed by atoms with Gasteiger partial charge >= 0.3 is 11.9 Å². The fraction of sp³-hybridized carbons (Fsp3) is 0.375. The van der Waals surface area contributed by atoms with E-state index >= 15 is 0 Å². The fourth-order valence-electron chi connectivity index (χ4n) is 8.17. The van der Waals surface area contributed by atoms with Gasteiger partial charge in [0.25, 0.3) is 0 Å². The molecule has 0 aliphatic carbocycles. The molecular weight excluding hydrogens is 909 g/mol. The summed E-state index contributed by atoms with van der Waals surface area (Å²) in [6.45, 7) is 5.87. The first-order valence-corrected chi connectivity index (χ1v) is 27.0. The third kappa shape index (κ3) is 21.7. The third-order valence-electron chi connectivity index (χ3n) is 12.5. The summed E-state index contributed by atoms with van der Waals surface area (Å²) in [5.74, 6) is 2.86. The molecule has 0 heterocycles. The van der Waals surface area contributed by atoms with Crippen LogP contribution in [0.1, 0.15) is 174 Å². The van der Waals surface area contributed by atoms with Gasteiger partial charge in [0.05, 0.1) is 35.7 Å². The maximum absolute atomic E-state index is 12.8. The second kappa shape index (κ2) is 32.9. The Hall–Kier alpha value is -7.00. The van der Waals surface area contributed by atoms with E-state index in [0.717, 1.165) is 46.8 Å². The Morgan fingerprint density at radius 2 is 0.740 bits per heavy atom. The van der Waals surface area contributed by atoms with Crippen molar-refractivity contribution in [3.8, 4) is 34.5 Å². The Morgan fingerprint density at radius 3 is 1.16 bits per heavy atom. The van der Waals surface area contributed by atoms with Crippen molar-refractivity contribution in [2.45, 2.75) is 142 Å². The molecule has 73 heavy (non-hydrogen) atoms. The van der Waals surface area contributed by atoms with Gasteiger partial charge in [-0.1, -0.05) is 135 Å². The zero-order chi connectivity index (χ0) is 51.0. The van der Waals surface area contributed by atoms with Gasteiger partial charge < -0.3 is 23.7 Å². The summed E-state index contributed by atoms with van der Waals surface area (Å²) in [6, 6.07) is 43.7. The van der Waals surface area contributed by atoms with Gasteiger partial charge in [0.1, 0.15) is 34.5 Å². The standard InChI is InChI=1S/C64H76N2O7/c1-3-5-7-9-11-13-15-17-19-21-46-69-57-40-30-53(31-41-57)63(67)72-60-36-26-51(27-37-60)49-65-55-34-44-59(45-35-55)71-62-25-23-24-56(48-62)66-50-52-28-38-61(39-29-52)73-64(68)54-32-42-58(43-33-54)70-47-22-20-18-16-14-12-10-8-6-4-2/h23-45,48-50H,3-22,46-47H2,1-2H3. The van der Waals surface area contributed by atoms with Gasteiger partial charge in [-0.2, -0.15) is 0 Å². The van der Waals surface area contributed by atoms with Crippen molar-refractivity contribution in [3.05, 3.63) is 168 Å². The van der Waals surface area contributed by atoms with Crippen LogP contribution in [-0.2, 0) is 0 Å². The lowest BCUT2D eigenvalue weighted by molar-refractivity contribution is 0.0725. The number of carbonyl (C=O) groups is 2. The number of aliphatic imine (C=N–C) groups is 2. The molecule has 0 radical (unpaired) electrons. The number of benzene rings is 6. The zero-order valence-corrected chi connectivity index (χ0v) is 43.3. The largest absolute Gasteiger partial charge is 0.494 e. The minimum atomic E-state index is -0.427. The Morgan fingerprint density at radius 1 is 0.370 bits per heavy atom. The average molecular weight is 985 g/mol. The van der Waals surface area contributed by atoms with Gasteiger partial charge in [-0.3, -0.25) is 9.98 Å². The van der Waals surface area contributed by atoms with Crippen LogP contribution in [0.25, 0.3) is 0 Å². The van der Waals surface area contributed by atoms with Crippen LogP contribution < -0.4 is 23.7 Å². The molecule has 9 heteroatoms. The minimum Gasteiger partial charge on any atom is -0.494 e. The maximum atomic E-state index is 12.8. The number of nitrogens with zero attached hydrogens (tertiary/aromatic N) is 2. The second-order valence-electron chi connectivity index (χ2n) is 18.6. The molecule has 0 aliphatic heterocycles. The molecule has 6 aromatic carbocycles. The SMILES string of the molecule is CCCCCCCCCCCCOc1ccc(C(=O)Oc2ccc(C=Nc3ccc(Oc4cccc(N=Cc5ccc(OC(=O)c6ccc(OCCCCCCCCCCCC)cc6)cc5)c4)cc3)cc2)cc1. The zero-order valence-electron chi connectivity index (χ0n) is 43.3. The Bertz CT molecular complexity index is 2540. The normalized spacial score (nSPS) is 11.3. The van der Waals surface area contributed by atoms with Crippen molar-refractivity contribution in [1.82, 2.24) is 0 Å². The summed E-state index contributed by atoms with van der Waals surface area (Å²) in [4.78, 5) is 34.9. The van der Waals surface area contributed by atoms with E-state index in [1.807, 2.05) is 97.1 Å². The van der Waals surface area contributed by atoms with Crippen molar-refractivity contribution in [2.75, 3.05) is 13.2 Å². The topological polar surface area (TPSA) is 105 Å². The average Bonchev–Trinajstić information content (AvgIpc) is 3.42. The number of ether oxygens (including phenoxy) is 5. The Kier molecular flexibility index (Phi) is 24.9. The fourth-order valence-corrected chi connectivity index (χ4v) is 8.17. The first-order chi connectivity index (χ1) is 35.9. The highest BCUT2D eigenvalue weighted by Crippen LogP contribution is 2.28. The molecule has 0 spiro atoms. The summed E-state index contributed by atoms with van der Waals surface area (Å²) in [6.07, 6.45) is 29.2. The van der Waals surface area contributed by atoms with Gasteiger partial charge in [0.2, 0.25) is 0 Å². The predicted molar refractivity (Wildman–Crippen MR) is 298 cm³/mol. The molecule has 0 atom stereocenters. The van der Waals surface area contributed by atoms with E-state index in [0.29, 0.717) is 47.3 Å². The number of carbonyl (C=O) groups excluding carboxylic acids is 2. The summed E-state index contributed by atoms with van der Waals surface area (Å²) in [5, 5.41) is 0. The van der Waals surface area contributed by atoms with Gasteiger partial charge in [0.15, 0.2) is 0 Å². The maximum Gasteiger partial charge on any atom is 0.343 e. The van der Waals surface area contributed by atoms with Crippen molar-refractivity contribution >= 4 is 35.7 Å². The highest BCUT2D eigenvalue weighted by molar-refractivity contribution is 5.92. The van der Waals surface area contributed by atoms with Crippen LogP contribution in [-0.4, -0.2) is 37.6 Å². The van der Waals surface area contributed by atoms with Crippen molar-refractivity contribution in [1.29, 1.82) is 0 Å². The quantitative estimate of drug-likeness (QED) is 0.0172. The summed E-state index contributed by atoms with van der Waals surface area (Å²) >= 11 is 0. The molecule has 9 nitrogen and oxygen atoms in total. The molecule has 0 saturated heterocycles. The van der Waals surface area contributed by atoms with Gasteiger partial charge in [-0.25, -0.2) is 9.59 Å². The monoisotopic (exact) mass is 985 g/mol. The second-order valence-corrected chi connectivity index (χ2v) is 18.6. The Labute approximate surface area is 435 Å². The molecule has 384 valence electrons. The third-order valence-corrected chi connectivity index (χ3v) is 12.5. The van der Waals surface area contributed by atoms with Gasteiger partial charge in [-0.15, -0.1) is 0 Å². The lowest BCUT2D eigenvalue weighted by atomic mass is 10.1. The predicted octanol–water partition coefficient (Wildman–Crippen LogP) is 18.0. The number of hydrogen-bond acceptors (Lipinski definition) is 9. The van der Waals surface area contributed by atoms with Crippen LogP contribution in [0.15, 0.2) is 156 Å². The molecule has 0 fully saturated rings. The van der Waals surface area contributed by atoms with E-state index in [4.69, 9.17) is 23.7 Å². The molecular formula is C64H76N2O7. The first kappa shape index (κ1) is 55.3. The molecule has 6 rings (SSSR count). The van der Waals surface area contributed by atoms with Crippen LogP contribution in [0.3, 0.4) is 0 Å². The van der Waals surface area contributed by atoms with E-state index in [2.05, 4.69) is 23.8 Å². The highest BCUT2D eigenvalue weighted by atomic mass is 16.5. The smallest absolute Gasteiger partial charge is 0.343 e. The van der Waals surface area contributed by atoms with Crippen molar-refractivity contribution in [3.63, 3.8) is 0 Å².